The molecule has 0 radical (unpaired) electrons. The van der Waals surface area contributed by atoms with Crippen molar-refractivity contribution in [2.45, 2.75) is 43.9 Å². The Morgan fingerprint density at radius 3 is 2.45 bits per heavy atom. The Morgan fingerprint density at radius 1 is 1.00 bits per heavy atom. The molecule has 1 N–H and O–H groups in total. The summed E-state index contributed by atoms with van der Waals surface area (Å²) in [6.07, 6.45) is -1.60. The van der Waals surface area contributed by atoms with Crippen LogP contribution in [-0.2, 0) is 23.3 Å². The molecule has 31 heavy (non-hydrogen) atoms. The van der Waals surface area contributed by atoms with Gasteiger partial charge in [-0.15, -0.1) is 0 Å². The fraction of sp³-hybridized carbons (Fsp3) is 0.391. The lowest BCUT2D eigenvalue weighted by molar-refractivity contribution is -0.154. The SMILES string of the molecule is O=C1N[C@]2(CCCCc3ccccc32)C(=O)N1CN(Cc1ccccc1)CC(F)(F)F. The Kier molecular flexibility index (Phi) is 5.75. The number of hydrogen-bond acceptors (Lipinski definition) is 3. The van der Waals surface area contributed by atoms with Gasteiger partial charge in [0, 0.05) is 6.54 Å². The summed E-state index contributed by atoms with van der Waals surface area (Å²) < 4.78 is 39.7. The number of aryl methyl sites for hydroxylation is 1. The maximum Gasteiger partial charge on any atom is 0.401 e. The number of hydrogen-bond donors (Lipinski definition) is 1. The minimum Gasteiger partial charge on any atom is -0.319 e. The van der Waals surface area contributed by atoms with E-state index >= 15 is 0 Å². The highest BCUT2D eigenvalue weighted by molar-refractivity contribution is 6.07. The van der Waals surface area contributed by atoms with Crippen molar-refractivity contribution in [1.82, 2.24) is 15.1 Å². The summed E-state index contributed by atoms with van der Waals surface area (Å²) in [5, 5.41) is 2.83. The lowest BCUT2D eigenvalue weighted by Gasteiger charge is -2.29. The third-order valence-corrected chi connectivity index (χ3v) is 5.89. The summed E-state index contributed by atoms with van der Waals surface area (Å²) >= 11 is 0. The molecule has 2 aliphatic rings. The molecule has 1 aliphatic carbocycles. The molecule has 1 aliphatic heterocycles. The van der Waals surface area contributed by atoms with E-state index in [0.717, 1.165) is 40.2 Å². The Morgan fingerprint density at radius 2 is 1.71 bits per heavy atom. The van der Waals surface area contributed by atoms with Crippen LogP contribution in [0.15, 0.2) is 54.6 Å². The van der Waals surface area contributed by atoms with Crippen LogP contribution in [0.3, 0.4) is 0 Å². The van der Waals surface area contributed by atoms with Gasteiger partial charge in [0.1, 0.15) is 5.54 Å². The van der Waals surface area contributed by atoms with E-state index in [1.165, 1.54) is 0 Å². The van der Waals surface area contributed by atoms with Gasteiger partial charge < -0.3 is 5.32 Å². The number of halogens is 3. The molecule has 1 fully saturated rings. The topological polar surface area (TPSA) is 52.7 Å². The van der Waals surface area contributed by atoms with E-state index in [-0.39, 0.29) is 6.54 Å². The van der Waals surface area contributed by atoms with E-state index in [1.54, 1.807) is 30.3 Å². The molecule has 0 aromatic heterocycles. The number of carbonyl (C=O) groups excluding carboxylic acids is 2. The van der Waals surface area contributed by atoms with Crippen LogP contribution in [0, 0.1) is 0 Å². The van der Waals surface area contributed by atoms with Crippen LogP contribution in [0.5, 0.6) is 0 Å². The first-order valence-corrected chi connectivity index (χ1v) is 10.3. The van der Waals surface area contributed by atoms with Gasteiger partial charge in [-0.3, -0.25) is 9.69 Å². The number of urea groups is 1. The molecule has 0 unspecified atom stereocenters. The highest BCUT2D eigenvalue weighted by atomic mass is 19.4. The van der Waals surface area contributed by atoms with Crippen molar-refractivity contribution >= 4 is 11.9 Å². The average Bonchev–Trinajstić information content (AvgIpc) is 2.86. The predicted molar refractivity (Wildman–Crippen MR) is 109 cm³/mol. The minimum absolute atomic E-state index is 0.0268. The number of benzene rings is 2. The van der Waals surface area contributed by atoms with Gasteiger partial charge >= 0.3 is 12.2 Å². The van der Waals surface area contributed by atoms with Crippen LogP contribution in [0.2, 0.25) is 0 Å². The molecule has 3 amide bonds. The third-order valence-electron chi connectivity index (χ3n) is 5.89. The van der Waals surface area contributed by atoms with E-state index < -0.39 is 36.9 Å². The molecule has 1 saturated heterocycles. The lowest BCUT2D eigenvalue weighted by Crippen LogP contribution is -2.47. The van der Waals surface area contributed by atoms with E-state index in [1.807, 2.05) is 24.3 Å². The molecule has 1 atom stereocenters. The molecule has 0 bridgehead atoms. The van der Waals surface area contributed by atoms with Crippen LogP contribution in [0.25, 0.3) is 0 Å². The van der Waals surface area contributed by atoms with Gasteiger partial charge in [-0.25, -0.2) is 9.69 Å². The molecular formula is C23H24F3N3O2. The summed E-state index contributed by atoms with van der Waals surface area (Å²) in [4.78, 5) is 28.3. The second-order valence-corrected chi connectivity index (χ2v) is 8.16. The quantitative estimate of drug-likeness (QED) is 0.723. The second-order valence-electron chi connectivity index (χ2n) is 8.16. The molecule has 0 saturated carbocycles. The number of imide groups is 1. The zero-order chi connectivity index (χ0) is 22.1. The maximum atomic E-state index is 13.5. The molecule has 5 nitrogen and oxygen atoms in total. The Bertz CT molecular complexity index is 964. The Balaban J connectivity index is 1.62. The van der Waals surface area contributed by atoms with Crippen molar-refractivity contribution in [2.24, 2.45) is 0 Å². The molecule has 1 spiro atoms. The van der Waals surface area contributed by atoms with Crippen LogP contribution in [-0.4, -0.2) is 41.1 Å². The number of nitrogens with one attached hydrogen (secondary N) is 1. The van der Waals surface area contributed by atoms with E-state index in [2.05, 4.69) is 5.32 Å². The smallest absolute Gasteiger partial charge is 0.319 e. The predicted octanol–water partition coefficient (Wildman–Crippen LogP) is 4.18. The first-order chi connectivity index (χ1) is 14.8. The van der Waals surface area contributed by atoms with Gasteiger partial charge in [0.25, 0.3) is 5.91 Å². The van der Waals surface area contributed by atoms with Gasteiger partial charge in [0.15, 0.2) is 0 Å². The summed E-state index contributed by atoms with van der Waals surface area (Å²) in [6.45, 7) is -1.67. The van der Waals surface area contributed by atoms with Crippen molar-refractivity contribution in [1.29, 1.82) is 0 Å². The lowest BCUT2D eigenvalue weighted by atomic mass is 9.84. The number of nitrogens with zero attached hydrogens (tertiary/aromatic N) is 2. The molecule has 2 aromatic carbocycles. The van der Waals surface area contributed by atoms with Crippen LogP contribution in [0.1, 0.15) is 36.0 Å². The van der Waals surface area contributed by atoms with Crippen molar-refractivity contribution in [3.05, 3.63) is 71.3 Å². The van der Waals surface area contributed by atoms with Gasteiger partial charge in [0.2, 0.25) is 0 Å². The molecular weight excluding hydrogens is 407 g/mol. The van der Waals surface area contributed by atoms with Crippen LogP contribution in [0.4, 0.5) is 18.0 Å². The normalized spacial score (nSPS) is 21.4. The molecule has 2 aromatic rings. The Labute approximate surface area is 178 Å². The maximum absolute atomic E-state index is 13.5. The van der Waals surface area contributed by atoms with Crippen molar-refractivity contribution < 1.29 is 22.8 Å². The second kappa shape index (κ2) is 8.34. The first kappa shape index (κ1) is 21.4. The fourth-order valence-electron chi connectivity index (χ4n) is 4.55. The zero-order valence-corrected chi connectivity index (χ0v) is 17.0. The number of carbonyl (C=O) groups is 2. The largest absolute Gasteiger partial charge is 0.401 e. The molecule has 8 heteroatoms. The van der Waals surface area contributed by atoms with Gasteiger partial charge in [-0.05, 0) is 42.4 Å². The number of rotatable bonds is 5. The minimum atomic E-state index is -4.46. The Hall–Kier alpha value is -2.87. The van der Waals surface area contributed by atoms with E-state index in [4.69, 9.17) is 0 Å². The monoisotopic (exact) mass is 431 g/mol. The summed E-state index contributed by atoms with van der Waals surface area (Å²) in [7, 11) is 0. The number of fused-ring (bicyclic) bond motifs is 2. The highest BCUT2D eigenvalue weighted by Gasteiger charge is 2.53. The van der Waals surface area contributed by atoms with E-state index in [0.29, 0.717) is 12.0 Å². The highest BCUT2D eigenvalue weighted by Crippen LogP contribution is 2.39. The van der Waals surface area contributed by atoms with Crippen molar-refractivity contribution in [3.63, 3.8) is 0 Å². The van der Waals surface area contributed by atoms with Gasteiger partial charge in [0.05, 0.1) is 13.2 Å². The van der Waals surface area contributed by atoms with Crippen LogP contribution >= 0.6 is 0 Å². The summed E-state index contributed by atoms with van der Waals surface area (Å²) in [5.74, 6) is -0.480. The summed E-state index contributed by atoms with van der Waals surface area (Å²) in [5.41, 5.74) is 1.21. The van der Waals surface area contributed by atoms with Crippen molar-refractivity contribution in [3.8, 4) is 0 Å². The zero-order valence-electron chi connectivity index (χ0n) is 17.0. The van der Waals surface area contributed by atoms with Crippen molar-refractivity contribution in [2.75, 3.05) is 13.2 Å². The third kappa shape index (κ3) is 4.44. The average molecular weight is 431 g/mol. The number of alkyl halides is 3. The van der Waals surface area contributed by atoms with Crippen LogP contribution < -0.4 is 5.32 Å². The van der Waals surface area contributed by atoms with Gasteiger partial charge in [-0.2, -0.15) is 13.2 Å². The van der Waals surface area contributed by atoms with Gasteiger partial charge in [-0.1, -0.05) is 54.6 Å². The standard InChI is InChI=1S/C23H24F3N3O2/c24-23(25,26)15-28(14-17-8-2-1-3-9-17)16-29-20(30)22(27-21(29)31)13-7-6-11-18-10-4-5-12-19(18)22/h1-5,8-10,12H,6-7,11,13-16H2,(H,27,31)/t22-/m0/s1. The summed E-state index contributed by atoms with van der Waals surface area (Å²) in [6, 6.07) is 15.5. The fourth-order valence-corrected chi connectivity index (χ4v) is 4.55. The van der Waals surface area contributed by atoms with E-state index in [9.17, 15) is 22.8 Å². The number of amides is 3. The molecule has 1 heterocycles. The first-order valence-electron chi connectivity index (χ1n) is 10.3. The molecule has 4 rings (SSSR count). The molecule has 164 valence electrons.